The number of carbonyl (C=O) groups is 2. The Morgan fingerprint density at radius 3 is 2.52 bits per heavy atom. The summed E-state index contributed by atoms with van der Waals surface area (Å²) >= 11 is 12.4. The van der Waals surface area contributed by atoms with Gasteiger partial charge in [-0.2, -0.15) is 9.78 Å². The van der Waals surface area contributed by atoms with Crippen LogP contribution in [0.5, 0.6) is 0 Å². The van der Waals surface area contributed by atoms with Crippen LogP contribution in [0, 0.1) is 11.8 Å². The van der Waals surface area contributed by atoms with Gasteiger partial charge in [-0.1, -0.05) is 35.3 Å². The van der Waals surface area contributed by atoms with Crippen LogP contribution in [0.3, 0.4) is 0 Å². The number of amides is 2. The number of likely N-dealkylation sites (tertiary alicyclic amines) is 2. The van der Waals surface area contributed by atoms with Crippen molar-refractivity contribution in [2.45, 2.75) is 13.5 Å². The fraction of sp³-hybridized carbons (Fsp3) is 0.450. The molecule has 9 heteroatoms. The highest BCUT2D eigenvalue weighted by atomic mass is 35.5. The average molecular weight is 436 g/mol. The molecule has 0 spiro atoms. The van der Waals surface area contributed by atoms with Crippen LogP contribution >= 0.6 is 23.2 Å². The molecule has 0 saturated carbocycles. The van der Waals surface area contributed by atoms with Gasteiger partial charge < -0.3 is 9.80 Å². The molecule has 2 atom stereocenters. The number of benzene rings is 1. The third-order valence-electron chi connectivity index (χ3n) is 5.88. The lowest BCUT2D eigenvalue weighted by Gasteiger charge is -2.22. The average Bonchev–Trinajstić information content (AvgIpc) is 3.39. The molecule has 2 saturated heterocycles. The number of carbonyl (C=O) groups excluding carboxylic acids is 2. The Morgan fingerprint density at radius 1 is 1.17 bits per heavy atom. The summed E-state index contributed by atoms with van der Waals surface area (Å²) in [5.74, 6) is 0.770. The van der Waals surface area contributed by atoms with E-state index in [2.05, 4.69) is 10.00 Å². The van der Waals surface area contributed by atoms with Crippen LogP contribution in [0.25, 0.3) is 0 Å². The Labute approximate surface area is 179 Å². The van der Waals surface area contributed by atoms with E-state index in [1.807, 2.05) is 17.0 Å². The molecule has 0 aliphatic carbocycles. The van der Waals surface area contributed by atoms with Crippen molar-refractivity contribution < 1.29 is 9.59 Å². The van der Waals surface area contributed by atoms with Crippen molar-refractivity contribution in [3.63, 3.8) is 0 Å². The Hall–Kier alpha value is -2.09. The molecule has 2 fully saturated rings. The third kappa shape index (κ3) is 3.99. The number of hydrogen-bond donors (Lipinski definition) is 0. The van der Waals surface area contributed by atoms with Crippen LogP contribution in [0.15, 0.2) is 30.6 Å². The molecule has 29 heavy (non-hydrogen) atoms. The lowest BCUT2D eigenvalue weighted by Crippen LogP contribution is -2.36. The summed E-state index contributed by atoms with van der Waals surface area (Å²) < 4.78 is 1.32. The summed E-state index contributed by atoms with van der Waals surface area (Å²) in [6.07, 6.45) is 3.14. The first-order chi connectivity index (χ1) is 13.8. The maximum Gasteiger partial charge on any atom is 0.344 e. The molecular formula is C20H23Cl2N5O2. The molecule has 2 unspecified atom stereocenters. The van der Waals surface area contributed by atoms with E-state index in [1.165, 1.54) is 22.7 Å². The summed E-state index contributed by atoms with van der Waals surface area (Å²) in [6.45, 7) is 5.51. The molecule has 0 N–H and O–H groups in total. The molecule has 154 valence electrons. The molecular weight excluding hydrogens is 413 g/mol. The molecule has 1 aromatic carbocycles. The molecule has 7 nitrogen and oxygen atoms in total. The van der Waals surface area contributed by atoms with Crippen LogP contribution in [-0.4, -0.2) is 64.7 Å². The van der Waals surface area contributed by atoms with Crippen molar-refractivity contribution in [1.29, 1.82) is 0 Å². The number of nitrogens with zero attached hydrogens (tertiary/aromatic N) is 5. The summed E-state index contributed by atoms with van der Waals surface area (Å²) in [7, 11) is 1.66. The van der Waals surface area contributed by atoms with Crippen molar-refractivity contribution in [3.8, 4) is 0 Å². The number of aromatic nitrogens is 2. The van der Waals surface area contributed by atoms with Gasteiger partial charge in [0.1, 0.15) is 0 Å². The number of rotatable bonds is 3. The zero-order chi connectivity index (χ0) is 20.7. The van der Waals surface area contributed by atoms with E-state index < -0.39 is 0 Å². The minimum absolute atomic E-state index is 0.104. The molecule has 2 aliphatic heterocycles. The Morgan fingerprint density at radius 2 is 1.86 bits per heavy atom. The standard InChI is InChI=1S/C20H23Cl2N5O2/c1-13(28)24(2)17-6-23-27(12-17)20(29)26-10-15-8-25(9-16(15)11-26)7-14-4-3-5-18(21)19(14)22/h3-6,12,15-16H,7-11H2,1-2H3. The van der Waals surface area contributed by atoms with Crippen LogP contribution in [0.1, 0.15) is 12.5 Å². The van der Waals surface area contributed by atoms with Gasteiger partial charge in [0, 0.05) is 46.7 Å². The van der Waals surface area contributed by atoms with Gasteiger partial charge in [-0.15, -0.1) is 0 Å². The van der Waals surface area contributed by atoms with Gasteiger partial charge in [0.05, 0.1) is 28.1 Å². The van der Waals surface area contributed by atoms with E-state index in [0.29, 0.717) is 40.7 Å². The number of hydrogen-bond acceptors (Lipinski definition) is 4. The second-order valence-corrected chi connectivity index (χ2v) is 8.62. The predicted molar refractivity (Wildman–Crippen MR) is 112 cm³/mol. The smallest absolute Gasteiger partial charge is 0.322 e. The lowest BCUT2D eigenvalue weighted by atomic mass is 10.0. The van der Waals surface area contributed by atoms with Gasteiger partial charge in [0.2, 0.25) is 5.91 Å². The molecule has 0 bridgehead atoms. The fourth-order valence-electron chi connectivity index (χ4n) is 4.20. The maximum absolute atomic E-state index is 12.8. The quantitative estimate of drug-likeness (QED) is 0.742. The fourth-order valence-corrected chi connectivity index (χ4v) is 4.58. The second-order valence-electron chi connectivity index (χ2n) is 7.84. The minimum atomic E-state index is -0.146. The monoisotopic (exact) mass is 435 g/mol. The van der Waals surface area contributed by atoms with Gasteiger partial charge in [0.25, 0.3) is 0 Å². The first kappa shape index (κ1) is 20.2. The first-order valence-corrected chi connectivity index (χ1v) is 10.3. The van der Waals surface area contributed by atoms with Crippen molar-refractivity contribution in [2.75, 3.05) is 38.1 Å². The summed E-state index contributed by atoms with van der Waals surface area (Å²) in [5, 5.41) is 5.34. The number of anilines is 1. The largest absolute Gasteiger partial charge is 0.344 e. The zero-order valence-corrected chi connectivity index (χ0v) is 17.9. The van der Waals surface area contributed by atoms with E-state index >= 15 is 0 Å². The lowest BCUT2D eigenvalue weighted by molar-refractivity contribution is -0.116. The highest BCUT2D eigenvalue weighted by Crippen LogP contribution is 2.34. The molecule has 0 radical (unpaired) electrons. The first-order valence-electron chi connectivity index (χ1n) is 9.57. The summed E-state index contributed by atoms with van der Waals surface area (Å²) in [6, 6.07) is 5.57. The van der Waals surface area contributed by atoms with Crippen molar-refractivity contribution in [2.24, 2.45) is 11.8 Å². The molecule has 2 aromatic rings. The van der Waals surface area contributed by atoms with Gasteiger partial charge in [-0.3, -0.25) is 9.69 Å². The highest BCUT2D eigenvalue weighted by Gasteiger charge is 2.42. The van der Waals surface area contributed by atoms with Crippen molar-refractivity contribution >= 4 is 40.8 Å². The summed E-state index contributed by atoms with van der Waals surface area (Å²) in [4.78, 5) is 30.0. The predicted octanol–water partition coefficient (Wildman–Crippen LogP) is 3.20. The third-order valence-corrected chi connectivity index (χ3v) is 6.74. The van der Waals surface area contributed by atoms with Gasteiger partial charge in [0.15, 0.2) is 0 Å². The van der Waals surface area contributed by atoms with Gasteiger partial charge >= 0.3 is 6.03 Å². The highest BCUT2D eigenvalue weighted by molar-refractivity contribution is 6.42. The Bertz CT molecular complexity index is 933. The van der Waals surface area contributed by atoms with E-state index in [0.717, 1.165) is 25.2 Å². The van der Waals surface area contributed by atoms with E-state index in [9.17, 15) is 9.59 Å². The molecule has 2 amide bonds. The Balaban J connectivity index is 1.36. The maximum atomic E-state index is 12.8. The molecule has 2 aliphatic rings. The summed E-state index contributed by atoms with van der Waals surface area (Å²) in [5.41, 5.74) is 1.64. The van der Waals surface area contributed by atoms with Gasteiger partial charge in [-0.25, -0.2) is 4.79 Å². The topological polar surface area (TPSA) is 61.7 Å². The molecule has 1 aromatic heterocycles. The van der Waals surface area contributed by atoms with Crippen LogP contribution in [-0.2, 0) is 11.3 Å². The van der Waals surface area contributed by atoms with Crippen molar-refractivity contribution in [1.82, 2.24) is 19.6 Å². The number of fused-ring (bicyclic) bond motifs is 1. The Kier molecular flexibility index (Phi) is 5.55. The van der Waals surface area contributed by atoms with Crippen LogP contribution in [0.2, 0.25) is 10.0 Å². The second kappa shape index (κ2) is 7.97. The molecule has 4 rings (SSSR count). The SMILES string of the molecule is CC(=O)N(C)c1cnn(C(=O)N2CC3CN(Cc4cccc(Cl)c4Cl)CC3C2)c1. The van der Waals surface area contributed by atoms with Crippen LogP contribution < -0.4 is 4.90 Å². The van der Waals surface area contributed by atoms with E-state index in [1.54, 1.807) is 19.3 Å². The van der Waals surface area contributed by atoms with E-state index in [4.69, 9.17) is 23.2 Å². The van der Waals surface area contributed by atoms with E-state index in [-0.39, 0.29) is 11.9 Å². The van der Waals surface area contributed by atoms with Gasteiger partial charge in [-0.05, 0) is 23.5 Å². The normalized spacial score (nSPS) is 21.4. The zero-order valence-electron chi connectivity index (χ0n) is 16.4. The number of halogens is 2. The van der Waals surface area contributed by atoms with Crippen LogP contribution in [0.4, 0.5) is 10.5 Å². The minimum Gasteiger partial charge on any atom is -0.322 e. The van der Waals surface area contributed by atoms with Crippen molar-refractivity contribution in [3.05, 3.63) is 46.2 Å². The molecule has 3 heterocycles.